The SMILES string of the molecule is CCCCNCCOc1ccc(Cc2nc3cccc(-c4ccc(OC)cc4)n3n2)cc1. The molecule has 166 valence electrons. The highest BCUT2D eigenvalue weighted by molar-refractivity contribution is 5.63. The number of nitrogens with one attached hydrogen (secondary N) is 1. The van der Waals surface area contributed by atoms with Crippen molar-refractivity contribution < 1.29 is 9.47 Å². The molecule has 4 rings (SSSR count). The number of methoxy groups -OCH3 is 1. The van der Waals surface area contributed by atoms with Gasteiger partial charge < -0.3 is 14.8 Å². The van der Waals surface area contributed by atoms with E-state index in [4.69, 9.17) is 19.6 Å². The lowest BCUT2D eigenvalue weighted by Gasteiger charge is -2.08. The van der Waals surface area contributed by atoms with E-state index in [-0.39, 0.29) is 0 Å². The van der Waals surface area contributed by atoms with E-state index in [1.54, 1.807) is 7.11 Å². The van der Waals surface area contributed by atoms with Crippen molar-refractivity contribution in [2.75, 3.05) is 26.8 Å². The van der Waals surface area contributed by atoms with Gasteiger partial charge in [-0.3, -0.25) is 0 Å². The second-order valence-corrected chi connectivity index (χ2v) is 7.71. The van der Waals surface area contributed by atoms with Gasteiger partial charge in [-0.25, -0.2) is 9.50 Å². The van der Waals surface area contributed by atoms with Gasteiger partial charge in [-0.05, 0) is 67.1 Å². The van der Waals surface area contributed by atoms with Gasteiger partial charge in [-0.2, -0.15) is 5.10 Å². The Morgan fingerprint density at radius 3 is 2.44 bits per heavy atom. The lowest BCUT2D eigenvalue weighted by molar-refractivity contribution is 0.313. The number of benzene rings is 2. The quantitative estimate of drug-likeness (QED) is 0.348. The average Bonchev–Trinajstić information content (AvgIpc) is 3.25. The summed E-state index contributed by atoms with van der Waals surface area (Å²) in [5.74, 6) is 2.51. The number of unbranched alkanes of at least 4 members (excludes halogenated alkanes) is 1. The molecule has 0 fully saturated rings. The maximum atomic E-state index is 5.81. The molecular formula is C26H30N4O2. The smallest absolute Gasteiger partial charge is 0.156 e. The zero-order chi connectivity index (χ0) is 22.2. The molecule has 6 nitrogen and oxygen atoms in total. The summed E-state index contributed by atoms with van der Waals surface area (Å²) in [7, 11) is 1.67. The van der Waals surface area contributed by atoms with Gasteiger partial charge in [-0.15, -0.1) is 0 Å². The summed E-state index contributed by atoms with van der Waals surface area (Å²) in [6.07, 6.45) is 3.08. The third-order valence-electron chi connectivity index (χ3n) is 5.33. The van der Waals surface area contributed by atoms with Crippen LogP contribution in [0.5, 0.6) is 11.5 Å². The number of hydrogen-bond acceptors (Lipinski definition) is 5. The Balaban J connectivity index is 1.41. The molecule has 4 aromatic rings. The summed E-state index contributed by atoms with van der Waals surface area (Å²) in [6.45, 7) is 4.78. The van der Waals surface area contributed by atoms with Crippen LogP contribution in [0.2, 0.25) is 0 Å². The predicted octanol–water partition coefficient (Wildman–Crippen LogP) is 4.76. The van der Waals surface area contributed by atoms with Crippen molar-refractivity contribution in [3.8, 4) is 22.8 Å². The first-order valence-electron chi connectivity index (χ1n) is 11.2. The van der Waals surface area contributed by atoms with E-state index in [1.165, 1.54) is 12.8 Å². The van der Waals surface area contributed by atoms with E-state index in [2.05, 4.69) is 30.4 Å². The minimum absolute atomic E-state index is 0.669. The van der Waals surface area contributed by atoms with Crippen LogP contribution in [-0.2, 0) is 6.42 Å². The molecule has 0 saturated carbocycles. The second kappa shape index (κ2) is 10.8. The Morgan fingerprint density at radius 1 is 0.906 bits per heavy atom. The Kier molecular flexibility index (Phi) is 7.35. The van der Waals surface area contributed by atoms with Gasteiger partial charge in [0.15, 0.2) is 11.5 Å². The number of hydrogen-bond donors (Lipinski definition) is 1. The van der Waals surface area contributed by atoms with Gasteiger partial charge in [0.05, 0.1) is 12.8 Å². The van der Waals surface area contributed by atoms with Crippen LogP contribution in [-0.4, -0.2) is 41.4 Å². The molecule has 32 heavy (non-hydrogen) atoms. The number of ether oxygens (including phenoxy) is 2. The lowest BCUT2D eigenvalue weighted by atomic mass is 10.1. The van der Waals surface area contributed by atoms with Crippen molar-refractivity contribution in [2.45, 2.75) is 26.2 Å². The van der Waals surface area contributed by atoms with Crippen molar-refractivity contribution in [1.82, 2.24) is 19.9 Å². The van der Waals surface area contributed by atoms with E-state index < -0.39 is 0 Å². The van der Waals surface area contributed by atoms with Crippen LogP contribution in [0.3, 0.4) is 0 Å². The standard InChI is InChI=1S/C26H30N4O2/c1-3-4-16-27-17-18-32-23-12-8-20(9-13-23)19-25-28-26-7-5-6-24(30(26)29-25)21-10-14-22(31-2)15-11-21/h5-15,27H,3-4,16-19H2,1-2H3. The molecule has 2 aromatic heterocycles. The number of nitrogens with zero attached hydrogens (tertiary/aromatic N) is 3. The van der Waals surface area contributed by atoms with Crippen LogP contribution in [0.1, 0.15) is 31.2 Å². The molecule has 2 heterocycles. The highest BCUT2D eigenvalue weighted by Crippen LogP contribution is 2.23. The molecule has 0 amide bonds. The highest BCUT2D eigenvalue weighted by Gasteiger charge is 2.10. The minimum Gasteiger partial charge on any atom is -0.497 e. The summed E-state index contributed by atoms with van der Waals surface area (Å²) in [4.78, 5) is 4.72. The maximum absolute atomic E-state index is 5.81. The first-order chi connectivity index (χ1) is 15.8. The fourth-order valence-electron chi connectivity index (χ4n) is 3.56. The maximum Gasteiger partial charge on any atom is 0.156 e. The lowest BCUT2D eigenvalue weighted by Crippen LogP contribution is -2.21. The van der Waals surface area contributed by atoms with Gasteiger partial charge in [0.2, 0.25) is 0 Å². The Hall–Kier alpha value is -3.38. The Morgan fingerprint density at radius 2 is 1.69 bits per heavy atom. The Labute approximate surface area is 189 Å². The molecule has 1 N–H and O–H groups in total. The molecule has 0 saturated heterocycles. The molecule has 0 unspecified atom stereocenters. The Bertz CT molecular complexity index is 1120. The van der Waals surface area contributed by atoms with Crippen LogP contribution < -0.4 is 14.8 Å². The first-order valence-corrected chi connectivity index (χ1v) is 11.2. The topological polar surface area (TPSA) is 60.7 Å². The second-order valence-electron chi connectivity index (χ2n) is 7.71. The van der Waals surface area contributed by atoms with Crippen molar-refractivity contribution >= 4 is 5.65 Å². The molecule has 0 spiro atoms. The van der Waals surface area contributed by atoms with Gasteiger partial charge in [0, 0.05) is 18.5 Å². The largest absolute Gasteiger partial charge is 0.497 e. The molecule has 0 aliphatic heterocycles. The number of aromatic nitrogens is 3. The van der Waals surface area contributed by atoms with E-state index in [0.717, 1.165) is 52.9 Å². The molecule has 2 aromatic carbocycles. The normalized spacial score (nSPS) is 11.1. The molecular weight excluding hydrogens is 400 g/mol. The van der Waals surface area contributed by atoms with E-state index in [0.29, 0.717) is 13.0 Å². The molecule has 0 atom stereocenters. The zero-order valence-electron chi connectivity index (χ0n) is 18.8. The summed E-state index contributed by atoms with van der Waals surface area (Å²) >= 11 is 0. The molecule has 6 heteroatoms. The number of rotatable bonds is 11. The fourth-order valence-corrected chi connectivity index (χ4v) is 3.56. The molecule has 0 aliphatic carbocycles. The van der Waals surface area contributed by atoms with Crippen molar-refractivity contribution in [3.05, 3.63) is 78.1 Å². The van der Waals surface area contributed by atoms with Crippen LogP contribution in [0.15, 0.2) is 66.7 Å². The summed E-state index contributed by atoms with van der Waals surface area (Å²) in [5.41, 5.74) is 4.06. The number of pyridine rings is 1. The van der Waals surface area contributed by atoms with Gasteiger partial charge in [0.25, 0.3) is 0 Å². The number of fused-ring (bicyclic) bond motifs is 1. The average molecular weight is 431 g/mol. The van der Waals surface area contributed by atoms with E-state index >= 15 is 0 Å². The van der Waals surface area contributed by atoms with Crippen LogP contribution in [0.25, 0.3) is 16.9 Å². The zero-order valence-corrected chi connectivity index (χ0v) is 18.8. The van der Waals surface area contributed by atoms with E-state index in [9.17, 15) is 0 Å². The van der Waals surface area contributed by atoms with Gasteiger partial charge in [0.1, 0.15) is 18.1 Å². The van der Waals surface area contributed by atoms with Crippen molar-refractivity contribution in [1.29, 1.82) is 0 Å². The van der Waals surface area contributed by atoms with Crippen molar-refractivity contribution in [2.24, 2.45) is 0 Å². The monoisotopic (exact) mass is 430 g/mol. The third-order valence-corrected chi connectivity index (χ3v) is 5.33. The first kappa shape index (κ1) is 21.8. The van der Waals surface area contributed by atoms with Gasteiger partial charge >= 0.3 is 0 Å². The highest BCUT2D eigenvalue weighted by atomic mass is 16.5. The van der Waals surface area contributed by atoms with Gasteiger partial charge in [-0.1, -0.05) is 31.5 Å². The van der Waals surface area contributed by atoms with Crippen molar-refractivity contribution in [3.63, 3.8) is 0 Å². The molecule has 0 aliphatic rings. The molecule has 0 radical (unpaired) electrons. The van der Waals surface area contributed by atoms with Crippen LogP contribution in [0.4, 0.5) is 0 Å². The van der Waals surface area contributed by atoms with Crippen LogP contribution in [0, 0.1) is 0 Å². The summed E-state index contributed by atoms with van der Waals surface area (Å²) in [6, 6.07) is 22.2. The van der Waals surface area contributed by atoms with Crippen LogP contribution >= 0.6 is 0 Å². The summed E-state index contributed by atoms with van der Waals surface area (Å²) in [5, 5.41) is 8.15. The third kappa shape index (κ3) is 5.45. The summed E-state index contributed by atoms with van der Waals surface area (Å²) < 4.78 is 13.0. The molecule has 0 bridgehead atoms. The predicted molar refractivity (Wildman–Crippen MR) is 127 cm³/mol. The minimum atomic E-state index is 0.669. The van der Waals surface area contributed by atoms with E-state index in [1.807, 2.05) is 53.0 Å². The fraction of sp³-hybridized carbons (Fsp3) is 0.308.